The highest BCUT2D eigenvalue weighted by Crippen LogP contribution is 2.25. The lowest BCUT2D eigenvalue weighted by Gasteiger charge is -2.37. The van der Waals surface area contributed by atoms with Crippen LogP contribution in [0.2, 0.25) is 0 Å². The molecule has 144 valence electrons. The van der Waals surface area contributed by atoms with E-state index in [1.807, 2.05) is 12.1 Å². The highest BCUT2D eigenvalue weighted by atomic mass is 16.5. The number of carbonyl (C=O) groups is 1. The van der Waals surface area contributed by atoms with Crippen molar-refractivity contribution in [3.05, 3.63) is 35.4 Å². The summed E-state index contributed by atoms with van der Waals surface area (Å²) in [6.45, 7) is 12.3. The second kappa shape index (κ2) is 8.53. The number of likely N-dealkylation sites (tertiary alicyclic amines) is 1. The van der Waals surface area contributed by atoms with Crippen LogP contribution < -0.4 is 0 Å². The Bertz CT molecular complexity index is 585. The van der Waals surface area contributed by atoms with E-state index in [1.54, 1.807) is 0 Å². The van der Waals surface area contributed by atoms with Crippen LogP contribution in [0.4, 0.5) is 0 Å². The van der Waals surface area contributed by atoms with Crippen LogP contribution in [0.3, 0.4) is 0 Å². The second-order valence-corrected chi connectivity index (χ2v) is 8.72. The number of benzene rings is 1. The molecule has 4 nitrogen and oxygen atoms in total. The molecular formula is C22H34N2O2. The van der Waals surface area contributed by atoms with Crippen molar-refractivity contribution in [1.29, 1.82) is 0 Å². The van der Waals surface area contributed by atoms with Gasteiger partial charge in [-0.2, -0.15) is 0 Å². The van der Waals surface area contributed by atoms with Crippen molar-refractivity contribution in [3.63, 3.8) is 0 Å². The third-order valence-corrected chi connectivity index (χ3v) is 5.77. The van der Waals surface area contributed by atoms with Gasteiger partial charge in [0.15, 0.2) is 0 Å². The normalized spacial score (nSPS) is 22.4. The number of carbonyl (C=O) groups excluding carboxylic acids is 1. The molecule has 2 aliphatic rings. The minimum absolute atomic E-state index is 0.118. The first-order chi connectivity index (χ1) is 12.4. The van der Waals surface area contributed by atoms with Crippen LogP contribution in [0, 0.1) is 0 Å². The molecule has 1 amide bonds. The fraction of sp³-hybridized carbons (Fsp3) is 0.682. The fourth-order valence-electron chi connectivity index (χ4n) is 4.00. The summed E-state index contributed by atoms with van der Waals surface area (Å²) >= 11 is 0. The van der Waals surface area contributed by atoms with Crippen molar-refractivity contribution in [3.8, 4) is 0 Å². The predicted octanol–water partition coefficient (Wildman–Crippen LogP) is 3.70. The van der Waals surface area contributed by atoms with Gasteiger partial charge in [-0.25, -0.2) is 0 Å². The quantitative estimate of drug-likeness (QED) is 0.823. The minimum Gasteiger partial charge on any atom is -0.379 e. The zero-order valence-electron chi connectivity index (χ0n) is 16.7. The zero-order chi connectivity index (χ0) is 18.6. The summed E-state index contributed by atoms with van der Waals surface area (Å²) in [5.74, 6) is 0.206. The molecule has 3 rings (SSSR count). The summed E-state index contributed by atoms with van der Waals surface area (Å²) in [5, 5.41) is 0. The lowest BCUT2D eigenvalue weighted by Crippen LogP contribution is -2.46. The Morgan fingerprint density at radius 1 is 1.08 bits per heavy atom. The van der Waals surface area contributed by atoms with Gasteiger partial charge in [0, 0.05) is 37.8 Å². The van der Waals surface area contributed by atoms with Crippen LogP contribution in [0.15, 0.2) is 24.3 Å². The average Bonchev–Trinajstić information content (AvgIpc) is 2.66. The number of ether oxygens (including phenoxy) is 1. The van der Waals surface area contributed by atoms with Gasteiger partial charge in [-0.3, -0.25) is 9.69 Å². The molecule has 1 aromatic carbocycles. The predicted molar refractivity (Wildman–Crippen MR) is 106 cm³/mol. The number of morpholine rings is 1. The molecule has 0 N–H and O–H groups in total. The van der Waals surface area contributed by atoms with E-state index in [2.05, 4.69) is 42.7 Å². The molecule has 26 heavy (non-hydrogen) atoms. The number of hydrogen-bond acceptors (Lipinski definition) is 3. The first-order valence-electron chi connectivity index (χ1n) is 10.2. The van der Waals surface area contributed by atoms with Gasteiger partial charge < -0.3 is 9.64 Å². The molecule has 0 aromatic heterocycles. The van der Waals surface area contributed by atoms with Gasteiger partial charge in [-0.1, -0.05) is 32.9 Å². The van der Waals surface area contributed by atoms with Crippen molar-refractivity contribution in [2.45, 2.75) is 57.9 Å². The average molecular weight is 359 g/mol. The third-order valence-electron chi connectivity index (χ3n) is 5.77. The highest BCUT2D eigenvalue weighted by Gasteiger charge is 2.28. The van der Waals surface area contributed by atoms with Crippen LogP contribution in [0.5, 0.6) is 0 Å². The number of rotatable bonds is 4. The summed E-state index contributed by atoms with van der Waals surface area (Å²) in [5.41, 5.74) is 2.22. The number of nitrogens with zero attached hydrogens (tertiary/aromatic N) is 2. The van der Waals surface area contributed by atoms with Crippen LogP contribution in [-0.4, -0.2) is 61.1 Å². The van der Waals surface area contributed by atoms with E-state index < -0.39 is 0 Å². The Balaban J connectivity index is 1.63. The minimum atomic E-state index is 0.118. The van der Waals surface area contributed by atoms with Crippen LogP contribution >= 0.6 is 0 Å². The highest BCUT2D eigenvalue weighted by molar-refractivity contribution is 5.94. The van der Waals surface area contributed by atoms with E-state index >= 15 is 0 Å². The molecule has 2 saturated heterocycles. The summed E-state index contributed by atoms with van der Waals surface area (Å²) in [4.78, 5) is 17.7. The Kier molecular flexibility index (Phi) is 6.36. The molecule has 2 fully saturated rings. The largest absolute Gasteiger partial charge is 0.379 e. The standard InChI is InChI=1S/C22H34N2O2/c1-22(2,3)19-9-7-18(8-10-19)21(25)24-12-5-4-6-20(24)11-13-23-14-16-26-17-15-23/h7-10,20H,4-6,11-17H2,1-3H3/t20-/m0/s1. The molecule has 2 heterocycles. The molecule has 1 aromatic rings. The molecule has 0 aliphatic carbocycles. The first-order valence-corrected chi connectivity index (χ1v) is 10.2. The summed E-state index contributed by atoms with van der Waals surface area (Å²) < 4.78 is 5.44. The van der Waals surface area contributed by atoms with Gasteiger partial charge in [-0.15, -0.1) is 0 Å². The van der Waals surface area contributed by atoms with E-state index in [0.29, 0.717) is 6.04 Å². The Hall–Kier alpha value is -1.39. The van der Waals surface area contributed by atoms with Crippen molar-refractivity contribution in [2.24, 2.45) is 0 Å². The van der Waals surface area contributed by atoms with Crippen molar-refractivity contribution < 1.29 is 9.53 Å². The SMILES string of the molecule is CC(C)(C)c1ccc(C(=O)N2CCCC[C@H]2CCN2CCOCC2)cc1. The molecule has 0 unspecified atom stereocenters. The molecule has 4 heteroatoms. The van der Waals surface area contributed by atoms with Gasteiger partial charge in [0.05, 0.1) is 13.2 Å². The molecule has 2 aliphatic heterocycles. The summed E-state index contributed by atoms with van der Waals surface area (Å²) in [7, 11) is 0. The Morgan fingerprint density at radius 2 is 1.77 bits per heavy atom. The van der Waals surface area contributed by atoms with Gasteiger partial charge >= 0.3 is 0 Å². The lowest BCUT2D eigenvalue weighted by atomic mass is 9.86. The molecule has 0 radical (unpaired) electrons. The molecule has 0 spiro atoms. The number of amides is 1. The Morgan fingerprint density at radius 3 is 2.42 bits per heavy atom. The number of piperidine rings is 1. The molecule has 1 atom stereocenters. The van der Waals surface area contributed by atoms with Gasteiger partial charge in [0.25, 0.3) is 5.91 Å². The summed E-state index contributed by atoms with van der Waals surface area (Å²) in [6.07, 6.45) is 4.57. The topological polar surface area (TPSA) is 32.8 Å². The van der Waals surface area contributed by atoms with E-state index in [9.17, 15) is 4.79 Å². The van der Waals surface area contributed by atoms with Gasteiger partial charge in [0.1, 0.15) is 0 Å². The maximum Gasteiger partial charge on any atom is 0.254 e. The second-order valence-electron chi connectivity index (χ2n) is 8.72. The Labute approximate surface area is 158 Å². The molecular weight excluding hydrogens is 324 g/mol. The van der Waals surface area contributed by atoms with Crippen molar-refractivity contribution in [2.75, 3.05) is 39.4 Å². The maximum atomic E-state index is 13.1. The van der Waals surface area contributed by atoms with E-state index in [4.69, 9.17) is 4.74 Å². The summed E-state index contributed by atoms with van der Waals surface area (Å²) in [6, 6.07) is 8.62. The number of hydrogen-bond donors (Lipinski definition) is 0. The van der Waals surface area contributed by atoms with Crippen LogP contribution in [-0.2, 0) is 10.2 Å². The molecule has 0 saturated carbocycles. The smallest absolute Gasteiger partial charge is 0.254 e. The van der Waals surface area contributed by atoms with E-state index in [1.165, 1.54) is 12.0 Å². The van der Waals surface area contributed by atoms with E-state index in [-0.39, 0.29) is 11.3 Å². The monoisotopic (exact) mass is 358 g/mol. The first kappa shape index (κ1) is 19.4. The molecule has 0 bridgehead atoms. The maximum absolute atomic E-state index is 13.1. The van der Waals surface area contributed by atoms with Crippen LogP contribution in [0.25, 0.3) is 0 Å². The lowest BCUT2D eigenvalue weighted by molar-refractivity contribution is 0.0295. The zero-order valence-corrected chi connectivity index (χ0v) is 16.7. The van der Waals surface area contributed by atoms with Gasteiger partial charge in [-0.05, 0) is 48.8 Å². The van der Waals surface area contributed by atoms with Crippen molar-refractivity contribution >= 4 is 5.91 Å². The third kappa shape index (κ3) is 4.86. The van der Waals surface area contributed by atoms with Crippen LogP contribution in [0.1, 0.15) is 62.4 Å². The van der Waals surface area contributed by atoms with E-state index in [0.717, 1.165) is 64.2 Å². The van der Waals surface area contributed by atoms with Gasteiger partial charge in [0.2, 0.25) is 0 Å². The van der Waals surface area contributed by atoms with Crippen molar-refractivity contribution in [1.82, 2.24) is 9.80 Å². The fourth-order valence-corrected chi connectivity index (χ4v) is 4.00.